The number of ether oxygens (including phenoxy) is 3. The summed E-state index contributed by atoms with van der Waals surface area (Å²) in [6.45, 7) is 3.83. The second-order valence-electron chi connectivity index (χ2n) is 8.31. The van der Waals surface area contributed by atoms with Gasteiger partial charge in [0, 0.05) is 12.6 Å². The predicted molar refractivity (Wildman–Crippen MR) is 101 cm³/mol. The number of aliphatic hydroxyl groups excluding tert-OH is 1. The van der Waals surface area contributed by atoms with Crippen molar-refractivity contribution in [3.05, 3.63) is 12.7 Å². The quantitative estimate of drug-likeness (QED) is 0.800. The number of hydrogen-bond donors (Lipinski definition) is 2. The van der Waals surface area contributed by atoms with Gasteiger partial charge in [-0.1, -0.05) is 12.8 Å². The van der Waals surface area contributed by atoms with Crippen LogP contribution in [0.25, 0.3) is 11.2 Å². The number of nitrogens with one attached hydrogen (secondary N) is 1. The second-order valence-corrected chi connectivity index (χ2v) is 8.31. The van der Waals surface area contributed by atoms with E-state index in [0.29, 0.717) is 18.1 Å². The maximum absolute atomic E-state index is 9.41. The van der Waals surface area contributed by atoms with E-state index in [0.717, 1.165) is 24.2 Å². The Morgan fingerprint density at radius 1 is 1.18 bits per heavy atom. The van der Waals surface area contributed by atoms with Crippen LogP contribution >= 0.6 is 0 Å². The number of hydrogen-bond acceptors (Lipinski definition) is 8. The first-order valence-corrected chi connectivity index (χ1v) is 10.1. The van der Waals surface area contributed by atoms with Crippen LogP contribution in [-0.4, -0.2) is 61.4 Å². The molecular weight excluding hydrogens is 362 g/mol. The molecule has 9 heteroatoms. The van der Waals surface area contributed by atoms with E-state index in [2.05, 4.69) is 20.3 Å². The molecule has 2 aromatic heterocycles. The average molecular weight is 389 g/mol. The zero-order chi connectivity index (χ0) is 19.3. The fourth-order valence-electron chi connectivity index (χ4n) is 4.65. The molecule has 152 valence electrons. The summed E-state index contributed by atoms with van der Waals surface area (Å²) in [5, 5.41) is 12.9. The summed E-state index contributed by atoms with van der Waals surface area (Å²) in [4.78, 5) is 13.5. The van der Waals surface area contributed by atoms with Crippen LogP contribution in [0.3, 0.4) is 0 Å². The number of rotatable bonds is 5. The van der Waals surface area contributed by atoms with Crippen LogP contribution in [0.5, 0.6) is 0 Å². The SMILES string of the molecule is CC1(C)OC2[C@H](n3cnc4c(NC5CCCC5)ncnc43)O[C@H](CCO)[C@H]2O1. The van der Waals surface area contributed by atoms with Gasteiger partial charge in [0.2, 0.25) is 0 Å². The Bertz CT molecular complexity index is 850. The molecule has 1 unspecified atom stereocenters. The van der Waals surface area contributed by atoms with Crippen LogP contribution in [0.1, 0.15) is 52.2 Å². The van der Waals surface area contributed by atoms with Crippen LogP contribution in [0, 0.1) is 0 Å². The Balaban J connectivity index is 1.47. The molecule has 2 saturated heterocycles. The molecule has 2 N–H and O–H groups in total. The smallest absolute Gasteiger partial charge is 0.167 e. The molecule has 9 nitrogen and oxygen atoms in total. The fraction of sp³-hybridized carbons (Fsp3) is 0.737. The van der Waals surface area contributed by atoms with Crippen molar-refractivity contribution >= 4 is 17.0 Å². The highest BCUT2D eigenvalue weighted by Gasteiger charge is 2.55. The molecule has 0 spiro atoms. The largest absolute Gasteiger partial charge is 0.396 e. The fourth-order valence-corrected chi connectivity index (χ4v) is 4.65. The van der Waals surface area contributed by atoms with Crippen LogP contribution in [-0.2, 0) is 14.2 Å². The van der Waals surface area contributed by atoms with Gasteiger partial charge in [0.25, 0.3) is 0 Å². The highest BCUT2D eigenvalue weighted by molar-refractivity contribution is 5.82. The third-order valence-electron chi connectivity index (χ3n) is 5.87. The third kappa shape index (κ3) is 3.06. The Labute approximate surface area is 163 Å². The Kier molecular flexibility index (Phi) is 4.50. The van der Waals surface area contributed by atoms with Crippen molar-refractivity contribution in [2.24, 2.45) is 0 Å². The van der Waals surface area contributed by atoms with Crippen LogP contribution in [0.4, 0.5) is 5.82 Å². The molecule has 1 aliphatic carbocycles. The average Bonchev–Trinajstić information content (AvgIpc) is 3.41. The lowest BCUT2D eigenvalue weighted by atomic mass is 10.1. The van der Waals surface area contributed by atoms with E-state index in [9.17, 15) is 5.11 Å². The van der Waals surface area contributed by atoms with Crippen LogP contribution < -0.4 is 5.32 Å². The highest BCUT2D eigenvalue weighted by atomic mass is 16.8. The number of nitrogens with zero attached hydrogens (tertiary/aromatic N) is 4. The van der Waals surface area contributed by atoms with E-state index in [1.54, 1.807) is 12.7 Å². The number of anilines is 1. The van der Waals surface area contributed by atoms with Gasteiger partial charge in [-0.15, -0.1) is 0 Å². The van der Waals surface area contributed by atoms with E-state index in [1.165, 1.54) is 12.8 Å². The standard InChI is InChI=1S/C19H27N5O4/c1-19(2)27-14-12(7-8-25)26-18(15(14)28-19)24-10-22-13-16(20-9-21-17(13)24)23-11-5-3-4-6-11/h9-12,14-15,18,25H,3-8H2,1-2H3,(H,20,21,23)/t12-,14-,15?,18-/m1/s1. The lowest BCUT2D eigenvalue weighted by Crippen LogP contribution is -2.30. The zero-order valence-electron chi connectivity index (χ0n) is 16.2. The summed E-state index contributed by atoms with van der Waals surface area (Å²) in [7, 11) is 0. The summed E-state index contributed by atoms with van der Waals surface area (Å²) in [5.74, 6) is 0.0760. The minimum absolute atomic E-state index is 0.0344. The predicted octanol–water partition coefficient (Wildman–Crippen LogP) is 1.98. The van der Waals surface area contributed by atoms with Crippen LogP contribution in [0.2, 0.25) is 0 Å². The lowest BCUT2D eigenvalue weighted by molar-refractivity contribution is -0.197. The number of aromatic nitrogens is 4. The van der Waals surface area contributed by atoms with Crippen LogP contribution in [0.15, 0.2) is 12.7 Å². The topological polar surface area (TPSA) is 104 Å². The summed E-state index contributed by atoms with van der Waals surface area (Å²) in [6.07, 6.45) is 7.43. The van der Waals surface area contributed by atoms with Gasteiger partial charge < -0.3 is 24.6 Å². The van der Waals surface area contributed by atoms with Gasteiger partial charge in [-0.2, -0.15) is 0 Å². The van der Waals surface area contributed by atoms with Crippen molar-refractivity contribution < 1.29 is 19.3 Å². The summed E-state index contributed by atoms with van der Waals surface area (Å²) < 4.78 is 20.3. The van der Waals surface area contributed by atoms with Crippen molar-refractivity contribution in [2.75, 3.05) is 11.9 Å². The third-order valence-corrected chi connectivity index (χ3v) is 5.87. The van der Waals surface area contributed by atoms with E-state index in [4.69, 9.17) is 14.2 Å². The molecule has 5 rings (SSSR count). The molecule has 2 aromatic rings. The summed E-state index contributed by atoms with van der Waals surface area (Å²) in [6, 6.07) is 0.441. The highest BCUT2D eigenvalue weighted by Crippen LogP contribution is 2.44. The maximum atomic E-state index is 9.41. The molecule has 28 heavy (non-hydrogen) atoms. The van der Waals surface area contributed by atoms with Gasteiger partial charge in [0.05, 0.1) is 12.4 Å². The first-order chi connectivity index (χ1) is 13.6. The lowest BCUT2D eigenvalue weighted by Gasteiger charge is -2.24. The maximum Gasteiger partial charge on any atom is 0.167 e. The summed E-state index contributed by atoms with van der Waals surface area (Å²) >= 11 is 0. The first kappa shape index (κ1) is 18.2. The number of fused-ring (bicyclic) bond motifs is 2. The Morgan fingerprint density at radius 3 is 2.75 bits per heavy atom. The molecule has 0 radical (unpaired) electrons. The second kappa shape index (κ2) is 6.91. The molecule has 2 aliphatic heterocycles. The van der Waals surface area contributed by atoms with Gasteiger partial charge >= 0.3 is 0 Å². The van der Waals surface area contributed by atoms with E-state index in [1.807, 2.05) is 18.4 Å². The first-order valence-electron chi connectivity index (χ1n) is 10.1. The molecule has 1 saturated carbocycles. The normalized spacial score (nSPS) is 32.2. The molecule has 3 aliphatic rings. The summed E-state index contributed by atoms with van der Waals surface area (Å²) in [5.41, 5.74) is 1.44. The van der Waals surface area contributed by atoms with Crippen molar-refractivity contribution in [1.29, 1.82) is 0 Å². The number of imidazole rings is 1. The van der Waals surface area contributed by atoms with Crippen molar-refractivity contribution in [2.45, 2.75) is 82.3 Å². The van der Waals surface area contributed by atoms with Crippen molar-refractivity contribution in [1.82, 2.24) is 19.5 Å². The molecule has 0 aromatic carbocycles. The molecule has 0 bridgehead atoms. The monoisotopic (exact) mass is 389 g/mol. The van der Waals surface area contributed by atoms with Crippen molar-refractivity contribution in [3.8, 4) is 0 Å². The van der Waals surface area contributed by atoms with Gasteiger partial charge in [0.15, 0.2) is 29.0 Å². The minimum atomic E-state index is -0.689. The zero-order valence-corrected chi connectivity index (χ0v) is 16.2. The molecule has 3 fully saturated rings. The van der Waals surface area contributed by atoms with Gasteiger partial charge in [-0.05, 0) is 33.1 Å². The number of aliphatic hydroxyl groups is 1. The molecule has 4 heterocycles. The molecule has 0 amide bonds. The van der Waals surface area contributed by atoms with Crippen molar-refractivity contribution in [3.63, 3.8) is 0 Å². The Hall–Kier alpha value is -1.81. The van der Waals surface area contributed by atoms with E-state index >= 15 is 0 Å². The minimum Gasteiger partial charge on any atom is -0.396 e. The molecule has 4 atom stereocenters. The van der Waals surface area contributed by atoms with Gasteiger partial charge in [0.1, 0.15) is 18.5 Å². The van der Waals surface area contributed by atoms with E-state index < -0.39 is 12.0 Å². The Morgan fingerprint density at radius 2 is 1.96 bits per heavy atom. The van der Waals surface area contributed by atoms with Gasteiger partial charge in [-0.25, -0.2) is 15.0 Å². The van der Waals surface area contributed by atoms with E-state index in [-0.39, 0.29) is 24.9 Å². The molecular formula is C19H27N5O4. The van der Waals surface area contributed by atoms with Gasteiger partial charge in [-0.3, -0.25) is 4.57 Å².